The molecule has 0 saturated heterocycles. The highest BCUT2D eigenvalue weighted by Crippen LogP contribution is 2.81. The number of carbonyl (C=O) groups is 2. The Balaban J connectivity index is 1.92. The van der Waals surface area contributed by atoms with Gasteiger partial charge in [0.05, 0.1) is 11.1 Å². The minimum absolute atomic E-state index is 0.0774. The lowest BCUT2D eigenvalue weighted by Gasteiger charge is -2.12. The number of hydrogen-bond acceptors (Lipinski definition) is 2. The van der Waals surface area contributed by atoms with E-state index in [1.165, 1.54) is 0 Å². The molecule has 6 bridgehead atoms. The first kappa shape index (κ1) is 7.91. The average molecular weight is 206 g/mol. The fourth-order valence-electron chi connectivity index (χ4n) is 4.84. The van der Waals surface area contributed by atoms with Gasteiger partial charge in [0.2, 0.25) is 0 Å². The van der Waals surface area contributed by atoms with E-state index in [4.69, 9.17) is 10.2 Å². The van der Waals surface area contributed by atoms with Crippen LogP contribution >= 0.6 is 0 Å². The van der Waals surface area contributed by atoms with Crippen molar-refractivity contribution in [1.29, 1.82) is 0 Å². The van der Waals surface area contributed by atoms with E-state index in [-0.39, 0.29) is 23.0 Å². The highest BCUT2D eigenvalue weighted by atomic mass is 16.4. The Kier molecular flexibility index (Phi) is 1.03. The molecule has 5 aliphatic carbocycles. The van der Waals surface area contributed by atoms with Crippen molar-refractivity contribution in [3.05, 3.63) is 11.1 Å². The third kappa shape index (κ3) is 0.610. The largest absolute Gasteiger partial charge is 0.478 e. The number of rotatable bonds is 2. The molecule has 15 heavy (non-hydrogen) atoms. The summed E-state index contributed by atoms with van der Waals surface area (Å²) in [5, 5.41) is 18.2. The number of hydrogen-bond donors (Lipinski definition) is 2. The topological polar surface area (TPSA) is 74.6 Å². The van der Waals surface area contributed by atoms with E-state index < -0.39 is 11.9 Å². The van der Waals surface area contributed by atoms with Gasteiger partial charge in [-0.25, -0.2) is 9.59 Å². The van der Waals surface area contributed by atoms with E-state index in [9.17, 15) is 9.59 Å². The lowest BCUT2D eigenvalue weighted by molar-refractivity contribution is -0.136. The minimum Gasteiger partial charge on any atom is -0.478 e. The molecule has 0 spiro atoms. The molecule has 78 valence electrons. The summed E-state index contributed by atoms with van der Waals surface area (Å²) in [5.41, 5.74) is 0.470. The fourth-order valence-corrected chi connectivity index (χ4v) is 4.84. The van der Waals surface area contributed by atoms with E-state index in [0.717, 1.165) is 6.42 Å². The molecule has 5 rings (SSSR count). The van der Waals surface area contributed by atoms with E-state index >= 15 is 0 Å². The van der Waals surface area contributed by atoms with Gasteiger partial charge >= 0.3 is 11.9 Å². The Morgan fingerprint density at radius 1 is 0.933 bits per heavy atom. The van der Waals surface area contributed by atoms with Crippen LogP contribution in [0.3, 0.4) is 0 Å². The standard InChI is InChI=1S/C11H10O4/c12-10(13)8-6-3-1-2-4(6)5(2)7(3)9(8)11(14)15/h2-7H,1H2,(H,12,13)(H,14,15)/t2?,3?,4-,5+,6-,7+. The molecule has 0 amide bonds. The van der Waals surface area contributed by atoms with Crippen LogP contribution in [0.2, 0.25) is 0 Å². The molecule has 0 heterocycles. The average Bonchev–Trinajstić information content (AvgIpc) is 2.55. The van der Waals surface area contributed by atoms with Gasteiger partial charge in [-0.3, -0.25) is 0 Å². The van der Waals surface area contributed by atoms with Gasteiger partial charge in [-0.05, 0) is 41.9 Å². The normalized spacial score (nSPS) is 52.5. The van der Waals surface area contributed by atoms with Crippen LogP contribution in [-0.4, -0.2) is 22.2 Å². The van der Waals surface area contributed by atoms with E-state index in [1.54, 1.807) is 0 Å². The van der Waals surface area contributed by atoms with E-state index in [2.05, 4.69) is 0 Å². The highest BCUT2D eigenvalue weighted by molar-refractivity contribution is 6.02. The second-order valence-corrected chi connectivity index (χ2v) is 5.21. The molecule has 2 N–H and O–H groups in total. The van der Waals surface area contributed by atoms with Crippen LogP contribution in [0.4, 0.5) is 0 Å². The summed E-state index contributed by atoms with van der Waals surface area (Å²) in [6, 6.07) is 0. The monoisotopic (exact) mass is 206 g/mol. The zero-order valence-corrected chi connectivity index (χ0v) is 7.88. The second kappa shape index (κ2) is 1.96. The third-order valence-electron chi connectivity index (χ3n) is 5.01. The minimum atomic E-state index is -1.00. The highest BCUT2D eigenvalue weighted by Gasteiger charge is 2.79. The quantitative estimate of drug-likeness (QED) is 0.693. The molecule has 0 aromatic carbocycles. The second-order valence-electron chi connectivity index (χ2n) is 5.21. The Morgan fingerprint density at radius 2 is 1.40 bits per heavy atom. The third-order valence-corrected chi connectivity index (χ3v) is 5.01. The summed E-state index contributed by atoms with van der Waals surface area (Å²) in [6.45, 7) is 0. The van der Waals surface area contributed by atoms with Crippen LogP contribution in [0.15, 0.2) is 11.1 Å². The summed E-state index contributed by atoms with van der Waals surface area (Å²) in [4.78, 5) is 22.2. The van der Waals surface area contributed by atoms with Gasteiger partial charge in [0.15, 0.2) is 0 Å². The lowest BCUT2D eigenvalue weighted by Crippen LogP contribution is -2.18. The number of carboxylic acid groups (broad SMARTS) is 2. The first-order chi connectivity index (χ1) is 7.13. The van der Waals surface area contributed by atoms with Crippen LogP contribution in [-0.2, 0) is 9.59 Å². The maximum Gasteiger partial charge on any atom is 0.332 e. The van der Waals surface area contributed by atoms with Crippen molar-refractivity contribution in [2.75, 3.05) is 0 Å². The van der Waals surface area contributed by atoms with E-state index in [1.807, 2.05) is 0 Å². The molecular weight excluding hydrogens is 196 g/mol. The van der Waals surface area contributed by atoms with Gasteiger partial charge in [-0.1, -0.05) is 0 Å². The van der Waals surface area contributed by atoms with Crippen molar-refractivity contribution >= 4 is 11.9 Å². The lowest BCUT2D eigenvalue weighted by atomic mass is 9.92. The smallest absolute Gasteiger partial charge is 0.332 e. The van der Waals surface area contributed by atoms with Crippen molar-refractivity contribution < 1.29 is 19.8 Å². The van der Waals surface area contributed by atoms with Gasteiger partial charge in [-0.2, -0.15) is 0 Å². The van der Waals surface area contributed by atoms with Crippen LogP contribution in [0, 0.1) is 35.5 Å². The summed E-state index contributed by atoms with van der Waals surface area (Å²) in [5.74, 6) is 0.191. The van der Waals surface area contributed by atoms with Gasteiger partial charge in [-0.15, -0.1) is 0 Å². The van der Waals surface area contributed by atoms with Crippen LogP contribution < -0.4 is 0 Å². The van der Waals surface area contributed by atoms with Crippen LogP contribution in [0.25, 0.3) is 0 Å². The fraction of sp³-hybridized carbons (Fsp3) is 0.636. The Bertz CT molecular complexity index is 412. The molecule has 0 aromatic heterocycles. The molecule has 0 aliphatic heterocycles. The molecule has 5 aliphatic rings. The molecule has 0 aromatic rings. The first-order valence-electron chi connectivity index (χ1n) is 5.33. The molecular formula is C11H10O4. The van der Waals surface area contributed by atoms with Crippen molar-refractivity contribution in [3.63, 3.8) is 0 Å². The molecule has 4 fully saturated rings. The molecule has 4 nitrogen and oxygen atoms in total. The summed E-state index contributed by atoms with van der Waals surface area (Å²) in [6.07, 6.45) is 1.07. The zero-order chi connectivity index (χ0) is 10.5. The predicted octanol–water partition coefficient (Wildman–Crippen LogP) is 0.594. The van der Waals surface area contributed by atoms with Crippen LogP contribution in [0.1, 0.15) is 6.42 Å². The molecule has 4 heteroatoms. The maximum absolute atomic E-state index is 11.1. The number of aliphatic carboxylic acids is 2. The first-order valence-corrected chi connectivity index (χ1v) is 5.33. The predicted molar refractivity (Wildman–Crippen MR) is 47.9 cm³/mol. The molecule has 2 unspecified atom stereocenters. The zero-order valence-electron chi connectivity index (χ0n) is 7.88. The number of carboxylic acids is 2. The van der Waals surface area contributed by atoms with Crippen molar-refractivity contribution in [2.45, 2.75) is 6.42 Å². The summed E-state index contributed by atoms with van der Waals surface area (Å²) in [7, 11) is 0. The molecule has 6 atom stereocenters. The van der Waals surface area contributed by atoms with Crippen molar-refractivity contribution in [3.8, 4) is 0 Å². The molecule has 4 saturated carbocycles. The summed E-state index contributed by atoms with van der Waals surface area (Å²) >= 11 is 0. The van der Waals surface area contributed by atoms with Gasteiger partial charge in [0, 0.05) is 0 Å². The Hall–Kier alpha value is -1.32. The van der Waals surface area contributed by atoms with Crippen molar-refractivity contribution in [2.24, 2.45) is 35.5 Å². The summed E-state index contributed by atoms with van der Waals surface area (Å²) < 4.78 is 0. The maximum atomic E-state index is 11.1. The van der Waals surface area contributed by atoms with Gasteiger partial charge in [0.25, 0.3) is 0 Å². The molecule has 0 radical (unpaired) electrons. The van der Waals surface area contributed by atoms with Gasteiger partial charge in [0.1, 0.15) is 0 Å². The van der Waals surface area contributed by atoms with Crippen molar-refractivity contribution in [1.82, 2.24) is 0 Å². The van der Waals surface area contributed by atoms with Gasteiger partial charge < -0.3 is 10.2 Å². The Morgan fingerprint density at radius 3 is 1.73 bits per heavy atom. The SMILES string of the molecule is O=C(O)C1=C(C(=O)O)[C@H]2C3CC4[C@H]([C@H]42)[C@H]13. The van der Waals surface area contributed by atoms with E-state index in [0.29, 0.717) is 23.7 Å². The van der Waals surface area contributed by atoms with Crippen LogP contribution in [0.5, 0.6) is 0 Å². The Labute approximate surface area is 85.6 Å².